The SMILES string of the molecule is BrC1COC(COCc2ccccc2)C1. The molecule has 3 heteroatoms. The fourth-order valence-corrected chi connectivity index (χ4v) is 2.23. The number of hydrogen-bond acceptors (Lipinski definition) is 2. The summed E-state index contributed by atoms with van der Waals surface area (Å²) in [7, 11) is 0. The highest BCUT2D eigenvalue weighted by Gasteiger charge is 2.22. The normalized spacial score (nSPS) is 25.7. The lowest BCUT2D eigenvalue weighted by Crippen LogP contribution is -2.14. The van der Waals surface area contributed by atoms with Crippen molar-refractivity contribution in [2.45, 2.75) is 24.0 Å². The van der Waals surface area contributed by atoms with Gasteiger partial charge in [-0.15, -0.1) is 0 Å². The second-order valence-electron chi connectivity index (χ2n) is 3.79. The Morgan fingerprint density at radius 2 is 2.13 bits per heavy atom. The molecule has 0 amide bonds. The maximum atomic E-state index is 5.61. The predicted octanol–water partition coefficient (Wildman–Crippen LogP) is 2.76. The molecule has 1 fully saturated rings. The monoisotopic (exact) mass is 270 g/mol. The number of rotatable bonds is 4. The maximum absolute atomic E-state index is 5.61. The van der Waals surface area contributed by atoms with Crippen LogP contribution in [0.1, 0.15) is 12.0 Å². The van der Waals surface area contributed by atoms with E-state index < -0.39 is 0 Å². The molecule has 2 unspecified atom stereocenters. The van der Waals surface area contributed by atoms with Crippen LogP contribution >= 0.6 is 15.9 Å². The Labute approximate surface area is 98.7 Å². The quantitative estimate of drug-likeness (QED) is 0.784. The van der Waals surface area contributed by atoms with E-state index in [1.165, 1.54) is 5.56 Å². The molecule has 0 radical (unpaired) electrons. The average molecular weight is 271 g/mol. The number of hydrogen-bond donors (Lipinski definition) is 0. The zero-order chi connectivity index (χ0) is 10.5. The van der Waals surface area contributed by atoms with Crippen LogP contribution in [0.15, 0.2) is 30.3 Å². The van der Waals surface area contributed by atoms with Crippen LogP contribution in [0.2, 0.25) is 0 Å². The average Bonchev–Trinajstić information content (AvgIpc) is 2.66. The van der Waals surface area contributed by atoms with E-state index in [2.05, 4.69) is 28.1 Å². The number of halogens is 1. The lowest BCUT2D eigenvalue weighted by atomic mass is 10.2. The maximum Gasteiger partial charge on any atom is 0.0820 e. The first kappa shape index (κ1) is 11.1. The van der Waals surface area contributed by atoms with Crippen molar-refractivity contribution in [2.75, 3.05) is 13.2 Å². The van der Waals surface area contributed by atoms with Crippen LogP contribution < -0.4 is 0 Å². The molecule has 1 aliphatic rings. The third kappa shape index (κ3) is 3.59. The van der Waals surface area contributed by atoms with Gasteiger partial charge in [0.25, 0.3) is 0 Å². The second kappa shape index (κ2) is 5.64. The topological polar surface area (TPSA) is 18.5 Å². The molecule has 15 heavy (non-hydrogen) atoms. The van der Waals surface area contributed by atoms with Gasteiger partial charge in [0.1, 0.15) is 0 Å². The number of ether oxygens (including phenoxy) is 2. The van der Waals surface area contributed by atoms with Gasteiger partial charge in [-0.3, -0.25) is 0 Å². The predicted molar refractivity (Wildman–Crippen MR) is 63.2 cm³/mol. The largest absolute Gasteiger partial charge is 0.375 e. The molecular weight excluding hydrogens is 256 g/mol. The van der Waals surface area contributed by atoms with Crippen LogP contribution in [0.3, 0.4) is 0 Å². The van der Waals surface area contributed by atoms with Gasteiger partial charge in [-0.1, -0.05) is 46.3 Å². The molecule has 2 atom stereocenters. The molecule has 2 rings (SSSR count). The van der Waals surface area contributed by atoms with E-state index in [0.717, 1.165) is 13.0 Å². The molecule has 1 aromatic rings. The van der Waals surface area contributed by atoms with E-state index in [4.69, 9.17) is 9.47 Å². The first-order valence-corrected chi connectivity index (χ1v) is 6.13. The van der Waals surface area contributed by atoms with Gasteiger partial charge >= 0.3 is 0 Å². The fraction of sp³-hybridized carbons (Fsp3) is 0.500. The molecule has 0 N–H and O–H groups in total. The lowest BCUT2D eigenvalue weighted by molar-refractivity contribution is 0.0107. The van der Waals surface area contributed by atoms with Crippen LogP contribution in [-0.2, 0) is 16.1 Å². The van der Waals surface area contributed by atoms with Crippen molar-refractivity contribution < 1.29 is 9.47 Å². The van der Waals surface area contributed by atoms with E-state index in [9.17, 15) is 0 Å². The summed E-state index contributed by atoms with van der Waals surface area (Å²) in [6, 6.07) is 10.2. The third-order valence-electron chi connectivity index (χ3n) is 2.45. The van der Waals surface area contributed by atoms with Crippen molar-refractivity contribution in [1.29, 1.82) is 0 Å². The molecule has 0 saturated carbocycles. The third-order valence-corrected chi connectivity index (χ3v) is 3.08. The summed E-state index contributed by atoms with van der Waals surface area (Å²) >= 11 is 3.53. The van der Waals surface area contributed by atoms with Gasteiger partial charge in [0.05, 0.1) is 25.9 Å². The Morgan fingerprint density at radius 3 is 2.80 bits per heavy atom. The summed E-state index contributed by atoms with van der Waals surface area (Å²) < 4.78 is 11.1. The summed E-state index contributed by atoms with van der Waals surface area (Å²) in [6.07, 6.45) is 1.31. The minimum absolute atomic E-state index is 0.262. The first-order valence-electron chi connectivity index (χ1n) is 5.22. The van der Waals surface area contributed by atoms with E-state index in [-0.39, 0.29) is 6.10 Å². The summed E-state index contributed by atoms with van der Waals surface area (Å²) in [5, 5.41) is 0. The Morgan fingerprint density at radius 1 is 1.33 bits per heavy atom. The zero-order valence-electron chi connectivity index (χ0n) is 8.56. The van der Waals surface area contributed by atoms with Crippen LogP contribution in [-0.4, -0.2) is 24.1 Å². The highest BCUT2D eigenvalue weighted by molar-refractivity contribution is 9.09. The lowest BCUT2D eigenvalue weighted by Gasteiger charge is -2.09. The summed E-state index contributed by atoms with van der Waals surface area (Å²) in [6.45, 7) is 2.17. The Balaban J connectivity index is 1.67. The standard InChI is InChI=1S/C12H15BrO2/c13-11-6-12(15-8-11)9-14-7-10-4-2-1-3-5-10/h1-5,11-12H,6-9H2. The van der Waals surface area contributed by atoms with Crippen LogP contribution in [0.25, 0.3) is 0 Å². The van der Waals surface area contributed by atoms with Crippen molar-refractivity contribution in [3.8, 4) is 0 Å². The van der Waals surface area contributed by atoms with E-state index in [1.54, 1.807) is 0 Å². The Hall–Kier alpha value is -0.380. The molecule has 1 aliphatic heterocycles. The minimum Gasteiger partial charge on any atom is -0.375 e. The zero-order valence-corrected chi connectivity index (χ0v) is 10.2. The molecule has 1 heterocycles. The Kier molecular flexibility index (Phi) is 4.18. The molecule has 1 saturated heterocycles. The van der Waals surface area contributed by atoms with Crippen molar-refractivity contribution in [1.82, 2.24) is 0 Å². The first-order chi connectivity index (χ1) is 7.34. The number of benzene rings is 1. The highest BCUT2D eigenvalue weighted by atomic mass is 79.9. The molecule has 2 nitrogen and oxygen atoms in total. The van der Waals surface area contributed by atoms with Gasteiger partial charge in [-0.2, -0.15) is 0 Å². The van der Waals surface area contributed by atoms with Gasteiger partial charge in [0, 0.05) is 4.83 Å². The minimum atomic E-state index is 0.262. The van der Waals surface area contributed by atoms with Crippen molar-refractivity contribution in [2.24, 2.45) is 0 Å². The molecule has 0 aromatic heterocycles. The van der Waals surface area contributed by atoms with Crippen molar-refractivity contribution in [3.63, 3.8) is 0 Å². The second-order valence-corrected chi connectivity index (χ2v) is 5.08. The van der Waals surface area contributed by atoms with Crippen LogP contribution in [0, 0.1) is 0 Å². The smallest absolute Gasteiger partial charge is 0.0820 e. The fourth-order valence-electron chi connectivity index (χ4n) is 1.66. The van der Waals surface area contributed by atoms with Gasteiger partial charge in [0.2, 0.25) is 0 Å². The molecule has 82 valence electrons. The summed E-state index contributed by atoms with van der Waals surface area (Å²) in [5.74, 6) is 0. The van der Waals surface area contributed by atoms with Crippen LogP contribution in [0.5, 0.6) is 0 Å². The Bertz CT molecular complexity index is 289. The molecule has 0 spiro atoms. The van der Waals surface area contributed by atoms with Gasteiger partial charge in [-0.25, -0.2) is 0 Å². The van der Waals surface area contributed by atoms with E-state index >= 15 is 0 Å². The van der Waals surface area contributed by atoms with E-state index in [1.807, 2.05) is 18.2 Å². The van der Waals surface area contributed by atoms with Crippen LogP contribution in [0.4, 0.5) is 0 Å². The summed E-state index contributed by atoms with van der Waals surface area (Å²) in [5.41, 5.74) is 1.21. The summed E-state index contributed by atoms with van der Waals surface area (Å²) in [4.78, 5) is 0.503. The molecule has 0 aliphatic carbocycles. The molecule has 0 bridgehead atoms. The van der Waals surface area contributed by atoms with Gasteiger partial charge in [0.15, 0.2) is 0 Å². The van der Waals surface area contributed by atoms with Gasteiger partial charge < -0.3 is 9.47 Å². The van der Waals surface area contributed by atoms with E-state index in [0.29, 0.717) is 18.0 Å². The van der Waals surface area contributed by atoms with Crippen molar-refractivity contribution in [3.05, 3.63) is 35.9 Å². The highest BCUT2D eigenvalue weighted by Crippen LogP contribution is 2.20. The molecule has 1 aromatic carbocycles. The number of alkyl halides is 1. The molecular formula is C12H15BrO2. The van der Waals surface area contributed by atoms with Gasteiger partial charge in [-0.05, 0) is 12.0 Å². The van der Waals surface area contributed by atoms with Crippen molar-refractivity contribution >= 4 is 15.9 Å².